The third-order valence-corrected chi connectivity index (χ3v) is 3.87. The first-order valence-corrected chi connectivity index (χ1v) is 6.98. The minimum Gasteiger partial charge on any atom is -0.465 e. The first kappa shape index (κ1) is 16.2. The number of esters is 2. The van der Waals surface area contributed by atoms with Crippen LogP contribution < -0.4 is 0 Å². The Balaban J connectivity index is 2.79. The van der Waals surface area contributed by atoms with Crippen molar-refractivity contribution >= 4 is 27.9 Å². The largest absolute Gasteiger partial charge is 0.465 e. The van der Waals surface area contributed by atoms with Crippen LogP contribution in [0.25, 0.3) is 0 Å². The lowest BCUT2D eigenvalue weighted by Gasteiger charge is -2.19. The summed E-state index contributed by atoms with van der Waals surface area (Å²) in [7, 11) is 1.32. The molecule has 0 aromatic rings. The number of allylic oxidation sites excluding steroid dienone is 1. The normalized spacial score (nSPS) is 25.7. The molecule has 4 nitrogen and oxygen atoms in total. The third kappa shape index (κ3) is 3.81. The Kier molecular flexibility index (Phi) is 4.50. The molecule has 108 valence electrons. The number of rotatable bonds is 3. The maximum atomic E-state index is 12.1. The van der Waals surface area contributed by atoms with Gasteiger partial charge in [-0.05, 0) is 48.0 Å². The number of carbonyl (C=O) groups excluding carboxylic acids is 2. The van der Waals surface area contributed by atoms with Crippen molar-refractivity contribution in [3.63, 3.8) is 0 Å². The molecule has 5 heteroatoms. The highest BCUT2D eigenvalue weighted by molar-refractivity contribution is 9.12. The number of hydrogen-bond donors (Lipinski definition) is 0. The molecule has 0 aromatic carbocycles. The van der Waals surface area contributed by atoms with Crippen LogP contribution in [0.3, 0.4) is 0 Å². The van der Waals surface area contributed by atoms with Gasteiger partial charge in [-0.3, -0.25) is 4.79 Å². The second-order valence-corrected chi connectivity index (χ2v) is 7.22. The Bertz CT molecular complexity index is 418. The molecule has 1 rings (SSSR count). The molecule has 2 atom stereocenters. The van der Waals surface area contributed by atoms with Crippen molar-refractivity contribution in [1.29, 1.82) is 0 Å². The van der Waals surface area contributed by atoms with Gasteiger partial charge in [-0.1, -0.05) is 19.9 Å². The van der Waals surface area contributed by atoms with Crippen LogP contribution in [0.1, 0.15) is 34.6 Å². The summed E-state index contributed by atoms with van der Waals surface area (Å²) in [5.41, 5.74) is -0.695. The Morgan fingerprint density at radius 1 is 1.26 bits per heavy atom. The summed E-state index contributed by atoms with van der Waals surface area (Å²) in [5.74, 6) is -0.894. The topological polar surface area (TPSA) is 52.6 Å². The molecule has 19 heavy (non-hydrogen) atoms. The van der Waals surface area contributed by atoms with Crippen LogP contribution in [0.4, 0.5) is 0 Å². The molecular formula is C14H21BrO4. The lowest BCUT2D eigenvalue weighted by atomic mass is 10.1. The molecule has 0 radical (unpaired) electrons. The fourth-order valence-corrected chi connectivity index (χ4v) is 2.57. The van der Waals surface area contributed by atoms with Crippen LogP contribution in [0.5, 0.6) is 0 Å². The average Bonchev–Trinajstić information content (AvgIpc) is 2.76. The van der Waals surface area contributed by atoms with Crippen molar-refractivity contribution < 1.29 is 19.1 Å². The van der Waals surface area contributed by atoms with Crippen molar-refractivity contribution in [2.24, 2.45) is 17.3 Å². The molecule has 1 saturated carbocycles. The molecule has 1 fully saturated rings. The van der Waals surface area contributed by atoms with Crippen molar-refractivity contribution in [1.82, 2.24) is 0 Å². The molecular weight excluding hydrogens is 312 g/mol. The molecule has 0 spiro atoms. The van der Waals surface area contributed by atoms with Crippen molar-refractivity contribution in [2.75, 3.05) is 7.11 Å². The minimum absolute atomic E-state index is 0.0178. The number of hydrogen-bond acceptors (Lipinski definition) is 4. The molecule has 0 aliphatic heterocycles. The van der Waals surface area contributed by atoms with Gasteiger partial charge in [0.05, 0.1) is 17.5 Å². The monoisotopic (exact) mass is 332 g/mol. The molecule has 0 heterocycles. The van der Waals surface area contributed by atoms with Crippen LogP contribution in [0.2, 0.25) is 0 Å². The molecule has 0 aromatic heterocycles. The quantitative estimate of drug-likeness (QED) is 0.588. The zero-order valence-electron chi connectivity index (χ0n) is 12.2. The summed E-state index contributed by atoms with van der Waals surface area (Å²) >= 11 is 3.17. The van der Waals surface area contributed by atoms with Crippen LogP contribution in [-0.2, 0) is 19.1 Å². The van der Waals surface area contributed by atoms with Gasteiger partial charge >= 0.3 is 11.9 Å². The zero-order valence-corrected chi connectivity index (χ0v) is 13.8. The summed E-state index contributed by atoms with van der Waals surface area (Å²) in [4.78, 5) is 23.4. The van der Waals surface area contributed by atoms with Gasteiger partial charge in [-0.25, -0.2) is 4.79 Å². The third-order valence-electron chi connectivity index (χ3n) is 3.28. The van der Waals surface area contributed by atoms with Gasteiger partial charge in [-0.15, -0.1) is 0 Å². The van der Waals surface area contributed by atoms with E-state index in [0.29, 0.717) is 4.48 Å². The number of halogens is 1. The van der Waals surface area contributed by atoms with E-state index in [0.717, 1.165) is 0 Å². The zero-order chi connectivity index (χ0) is 15.0. The van der Waals surface area contributed by atoms with Gasteiger partial charge in [0.25, 0.3) is 0 Å². The van der Waals surface area contributed by atoms with E-state index in [1.807, 2.05) is 34.6 Å². The lowest BCUT2D eigenvalue weighted by Crippen LogP contribution is -2.26. The fourth-order valence-electron chi connectivity index (χ4n) is 2.13. The van der Waals surface area contributed by atoms with E-state index >= 15 is 0 Å². The summed E-state index contributed by atoms with van der Waals surface area (Å²) in [5, 5.41) is 0. The Hall–Kier alpha value is -0.840. The predicted octanol–water partition coefficient (Wildman–Crippen LogP) is 3.05. The van der Waals surface area contributed by atoms with Gasteiger partial charge in [-0.2, -0.15) is 0 Å². The van der Waals surface area contributed by atoms with Crippen LogP contribution in [0, 0.1) is 17.3 Å². The molecule has 0 N–H and O–H groups in total. The molecule has 0 unspecified atom stereocenters. The summed E-state index contributed by atoms with van der Waals surface area (Å²) in [6.45, 7) is 9.50. The first-order valence-electron chi connectivity index (χ1n) is 6.19. The second kappa shape index (κ2) is 5.27. The maximum Gasteiger partial charge on any atom is 0.344 e. The molecule has 1 aliphatic rings. The highest BCUT2D eigenvalue weighted by Crippen LogP contribution is 2.60. The summed E-state index contributed by atoms with van der Waals surface area (Å²) < 4.78 is 10.4. The van der Waals surface area contributed by atoms with Crippen LogP contribution in [-0.4, -0.2) is 24.6 Å². The van der Waals surface area contributed by atoms with Crippen molar-refractivity contribution in [2.45, 2.75) is 40.2 Å². The van der Waals surface area contributed by atoms with Gasteiger partial charge in [0.1, 0.15) is 5.60 Å². The molecule has 1 aliphatic carbocycles. The van der Waals surface area contributed by atoms with Crippen LogP contribution >= 0.6 is 15.9 Å². The van der Waals surface area contributed by atoms with E-state index in [4.69, 9.17) is 4.74 Å². The van der Waals surface area contributed by atoms with Crippen molar-refractivity contribution in [3.05, 3.63) is 10.6 Å². The Morgan fingerprint density at radius 2 is 1.79 bits per heavy atom. The standard InChI is InChI=1S/C14H21BrO4/c1-13(2,3)19-12(17)10-8(14(10,4)5)7-9(15)11(16)18-6/h7-8,10H,1-6H3/b9-7+/t8-,10-/m0/s1. The highest BCUT2D eigenvalue weighted by Gasteiger charge is 2.62. The van der Waals surface area contributed by atoms with E-state index in [-0.39, 0.29) is 23.2 Å². The van der Waals surface area contributed by atoms with E-state index < -0.39 is 11.6 Å². The smallest absolute Gasteiger partial charge is 0.344 e. The Morgan fingerprint density at radius 3 is 2.21 bits per heavy atom. The molecule has 0 bridgehead atoms. The maximum absolute atomic E-state index is 12.1. The SMILES string of the molecule is COC(=O)/C(Br)=C\[C@H]1[C@@H](C(=O)OC(C)(C)C)C1(C)C. The summed E-state index contributed by atoms with van der Waals surface area (Å²) in [6, 6.07) is 0. The fraction of sp³-hybridized carbons (Fsp3) is 0.714. The second-order valence-electron chi connectivity index (χ2n) is 6.36. The number of ether oxygens (including phenoxy) is 2. The van der Waals surface area contributed by atoms with E-state index in [1.54, 1.807) is 6.08 Å². The summed E-state index contributed by atoms with van der Waals surface area (Å²) in [6.07, 6.45) is 1.74. The predicted molar refractivity (Wildman–Crippen MR) is 75.6 cm³/mol. The van der Waals surface area contributed by atoms with E-state index in [1.165, 1.54) is 7.11 Å². The van der Waals surface area contributed by atoms with Gasteiger partial charge in [0.15, 0.2) is 0 Å². The van der Waals surface area contributed by atoms with Gasteiger partial charge in [0, 0.05) is 0 Å². The molecule has 0 amide bonds. The minimum atomic E-state index is -0.496. The van der Waals surface area contributed by atoms with E-state index in [2.05, 4.69) is 20.7 Å². The molecule has 0 saturated heterocycles. The lowest BCUT2D eigenvalue weighted by molar-refractivity contribution is -0.157. The number of methoxy groups -OCH3 is 1. The van der Waals surface area contributed by atoms with Gasteiger partial charge in [0.2, 0.25) is 0 Å². The highest BCUT2D eigenvalue weighted by atomic mass is 79.9. The van der Waals surface area contributed by atoms with Gasteiger partial charge < -0.3 is 9.47 Å². The average molecular weight is 333 g/mol. The van der Waals surface area contributed by atoms with E-state index in [9.17, 15) is 9.59 Å². The van der Waals surface area contributed by atoms with Crippen molar-refractivity contribution in [3.8, 4) is 0 Å². The Labute approximate surface area is 122 Å². The van der Waals surface area contributed by atoms with Crippen LogP contribution in [0.15, 0.2) is 10.6 Å². The first-order chi connectivity index (χ1) is 8.50. The number of carbonyl (C=O) groups is 2.